The van der Waals surface area contributed by atoms with E-state index in [9.17, 15) is 10.1 Å². The lowest BCUT2D eigenvalue weighted by Crippen LogP contribution is -2.39. The summed E-state index contributed by atoms with van der Waals surface area (Å²) < 4.78 is 0. The van der Waals surface area contributed by atoms with Crippen molar-refractivity contribution in [1.82, 2.24) is 10.7 Å². The Morgan fingerprint density at radius 3 is 2.88 bits per heavy atom. The van der Waals surface area contributed by atoms with E-state index in [2.05, 4.69) is 16.2 Å². The van der Waals surface area contributed by atoms with Crippen LogP contribution in [0.25, 0.3) is 0 Å². The fourth-order valence-electron chi connectivity index (χ4n) is 1.28. The number of hydrazine groups is 1. The topological polar surface area (TPSA) is 79.2 Å². The van der Waals surface area contributed by atoms with E-state index in [4.69, 9.17) is 12.2 Å². The molecular weight excluding hydrogens is 240 g/mol. The van der Waals surface area contributed by atoms with Crippen LogP contribution in [0, 0.1) is 10.1 Å². The van der Waals surface area contributed by atoms with Gasteiger partial charge in [-0.25, -0.2) is 0 Å². The lowest BCUT2D eigenvalue weighted by atomic mass is 10.3. The van der Waals surface area contributed by atoms with E-state index in [-0.39, 0.29) is 5.69 Å². The Kier molecular flexibility index (Phi) is 3.38. The predicted octanol–water partition coefficient (Wildman–Crippen LogP) is 1.55. The molecule has 0 amide bonds. The summed E-state index contributed by atoms with van der Waals surface area (Å²) in [5.41, 5.74) is 6.23. The van der Waals surface area contributed by atoms with Crippen molar-refractivity contribution in [1.29, 1.82) is 0 Å². The molecule has 2 rings (SSSR count). The van der Waals surface area contributed by atoms with Crippen LogP contribution in [0.3, 0.4) is 0 Å². The zero-order chi connectivity index (χ0) is 12.3. The van der Waals surface area contributed by atoms with Gasteiger partial charge in [0, 0.05) is 18.2 Å². The minimum absolute atomic E-state index is 0.0397. The Morgan fingerprint density at radius 2 is 2.24 bits per heavy atom. The first-order valence-electron chi connectivity index (χ1n) is 5.22. The van der Waals surface area contributed by atoms with Crippen LogP contribution >= 0.6 is 12.2 Å². The number of hydrogen-bond acceptors (Lipinski definition) is 4. The highest BCUT2D eigenvalue weighted by atomic mass is 32.1. The van der Waals surface area contributed by atoms with E-state index < -0.39 is 4.92 Å². The molecule has 1 fully saturated rings. The van der Waals surface area contributed by atoms with Gasteiger partial charge in [-0.05, 0) is 31.1 Å². The molecule has 7 heteroatoms. The summed E-state index contributed by atoms with van der Waals surface area (Å²) in [7, 11) is 0. The molecule has 1 aliphatic rings. The average molecular weight is 252 g/mol. The molecule has 0 saturated heterocycles. The third-order valence-corrected chi connectivity index (χ3v) is 2.51. The maximum atomic E-state index is 10.6. The number of thiocarbonyl (C=S) groups is 1. The molecule has 3 N–H and O–H groups in total. The minimum atomic E-state index is -0.439. The highest BCUT2D eigenvalue weighted by Gasteiger charge is 2.21. The molecule has 1 aliphatic carbocycles. The number of nitrogens with zero attached hydrogens (tertiary/aromatic N) is 1. The SMILES string of the molecule is O=[N+]([O-])c1cccc(NNC(=S)NC2CC2)c1. The first-order valence-corrected chi connectivity index (χ1v) is 5.63. The van der Waals surface area contributed by atoms with E-state index >= 15 is 0 Å². The van der Waals surface area contributed by atoms with Crippen molar-refractivity contribution in [3.8, 4) is 0 Å². The van der Waals surface area contributed by atoms with Crippen LogP contribution in [0.5, 0.6) is 0 Å². The summed E-state index contributed by atoms with van der Waals surface area (Å²) >= 11 is 5.04. The van der Waals surface area contributed by atoms with Gasteiger partial charge in [-0.2, -0.15) is 0 Å². The number of rotatable bonds is 4. The summed E-state index contributed by atoms with van der Waals surface area (Å²) in [4.78, 5) is 10.1. The summed E-state index contributed by atoms with van der Waals surface area (Å²) in [5, 5.41) is 14.1. The number of benzene rings is 1. The smallest absolute Gasteiger partial charge is 0.271 e. The predicted molar refractivity (Wildman–Crippen MR) is 68.6 cm³/mol. The molecule has 17 heavy (non-hydrogen) atoms. The van der Waals surface area contributed by atoms with E-state index in [1.807, 2.05) is 0 Å². The van der Waals surface area contributed by atoms with Crippen LogP contribution in [0.15, 0.2) is 24.3 Å². The van der Waals surface area contributed by atoms with Gasteiger partial charge in [0.15, 0.2) is 5.11 Å². The molecule has 0 bridgehead atoms. The fourth-order valence-corrected chi connectivity index (χ4v) is 1.49. The molecule has 0 spiro atoms. The van der Waals surface area contributed by atoms with Crippen molar-refractivity contribution in [2.24, 2.45) is 0 Å². The average Bonchev–Trinajstić information content (AvgIpc) is 3.11. The van der Waals surface area contributed by atoms with E-state index in [0.29, 0.717) is 16.8 Å². The molecule has 0 aliphatic heterocycles. The van der Waals surface area contributed by atoms with Gasteiger partial charge in [-0.1, -0.05) is 6.07 Å². The fraction of sp³-hybridized carbons (Fsp3) is 0.300. The quantitative estimate of drug-likeness (QED) is 0.428. The zero-order valence-corrected chi connectivity index (χ0v) is 9.79. The van der Waals surface area contributed by atoms with Crippen molar-refractivity contribution in [2.75, 3.05) is 5.43 Å². The molecular formula is C10H12N4O2S. The summed E-state index contributed by atoms with van der Waals surface area (Å²) in [5.74, 6) is 0. The van der Waals surface area contributed by atoms with Crippen molar-refractivity contribution in [3.63, 3.8) is 0 Å². The molecule has 90 valence electrons. The number of nitrogens with one attached hydrogen (secondary N) is 3. The third-order valence-electron chi connectivity index (χ3n) is 2.29. The molecule has 0 radical (unpaired) electrons. The van der Waals surface area contributed by atoms with Crippen molar-refractivity contribution in [3.05, 3.63) is 34.4 Å². The lowest BCUT2D eigenvalue weighted by molar-refractivity contribution is -0.384. The van der Waals surface area contributed by atoms with Gasteiger partial charge in [-0.15, -0.1) is 0 Å². The Morgan fingerprint density at radius 1 is 1.47 bits per heavy atom. The molecule has 0 atom stereocenters. The third kappa shape index (κ3) is 3.56. The first-order chi connectivity index (χ1) is 8.15. The molecule has 1 saturated carbocycles. The van der Waals surface area contributed by atoms with Gasteiger partial charge in [-0.3, -0.25) is 21.0 Å². The summed E-state index contributed by atoms with van der Waals surface area (Å²) in [6, 6.07) is 6.68. The van der Waals surface area contributed by atoms with Gasteiger partial charge in [0.1, 0.15) is 0 Å². The highest BCUT2D eigenvalue weighted by molar-refractivity contribution is 7.80. The van der Waals surface area contributed by atoms with Gasteiger partial charge in [0.2, 0.25) is 0 Å². The van der Waals surface area contributed by atoms with E-state index in [0.717, 1.165) is 12.8 Å². The zero-order valence-electron chi connectivity index (χ0n) is 8.97. The van der Waals surface area contributed by atoms with Crippen LogP contribution < -0.4 is 16.2 Å². The number of anilines is 1. The van der Waals surface area contributed by atoms with Gasteiger partial charge < -0.3 is 5.32 Å². The van der Waals surface area contributed by atoms with E-state index in [1.54, 1.807) is 12.1 Å². The van der Waals surface area contributed by atoms with Crippen LogP contribution in [-0.2, 0) is 0 Å². The second kappa shape index (κ2) is 4.96. The number of nitro groups is 1. The maximum absolute atomic E-state index is 10.6. The molecule has 0 aromatic heterocycles. The normalized spacial score (nSPS) is 13.9. The van der Waals surface area contributed by atoms with Crippen molar-refractivity contribution >= 4 is 28.7 Å². The Balaban J connectivity index is 1.87. The van der Waals surface area contributed by atoms with Gasteiger partial charge in [0.25, 0.3) is 5.69 Å². The molecule has 0 heterocycles. The Hall–Kier alpha value is -1.89. The summed E-state index contributed by atoms with van der Waals surface area (Å²) in [6.07, 6.45) is 2.28. The molecule has 6 nitrogen and oxygen atoms in total. The molecule has 0 unspecified atom stereocenters. The van der Waals surface area contributed by atoms with Gasteiger partial charge >= 0.3 is 0 Å². The molecule has 1 aromatic carbocycles. The van der Waals surface area contributed by atoms with E-state index in [1.165, 1.54) is 12.1 Å². The first kappa shape index (κ1) is 11.6. The van der Waals surface area contributed by atoms with Crippen molar-refractivity contribution in [2.45, 2.75) is 18.9 Å². The van der Waals surface area contributed by atoms with Crippen LogP contribution in [0.2, 0.25) is 0 Å². The lowest BCUT2D eigenvalue weighted by Gasteiger charge is -2.11. The van der Waals surface area contributed by atoms with Crippen LogP contribution in [0.1, 0.15) is 12.8 Å². The van der Waals surface area contributed by atoms with Crippen LogP contribution in [-0.4, -0.2) is 16.1 Å². The second-order valence-corrected chi connectivity index (χ2v) is 4.21. The summed E-state index contributed by atoms with van der Waals surface area (Å²) in [6.45, 7) is 0. The minimum Gasteiger partial charge on any atom is -0.359 e. The Bertz CT molecular complexity index is 448. The monoisotopic (exact) mass is 252 g/mol. The largest absolute Gasteiger partial charge is 0.359 e. The van der Waals surface area contributed by atoms with Crippen LogP contribution in [0.4, 0.5) is 11.4 Å². The van der Waals surface area contributed by atoms with Crippen molar-refractivity contribution < 1.29 is 4.92 Å². The van der Waals surface area contributed by atoms with Gasteiger partial charge in [0.05, 0.1) is 10.6 Å². The maximum Gasteiger partial charge on any atom is 0.271 e. The number of nitro benzene ring substituents is 1. The Labute approximate surface area is 104 Å². The second-order valence-electron chi connectivity index (χ2n) is 3.81. The standard InChI is InChI=1S/C10H12N4O2S/c15-14(16)9-3-1-2-8(6-9)12-13-10(17)11-7-4-5-7/h1-3,6-7,12H,4-5H2,(H2,11,13,17). The highest BCUT2D eigenvalue weighted by Crippen LogP contribution is 2.18. The molecule has 1 aromatic rings. The number of non-ortho nitro benzene ring substituents is 1. The number of hydrogen-bond donors (Lipinski definition) is 3.